The smallest absolute Gasteiger partial charge is 0.191 e. The molecule has 0 saturated heterocycles. The zero-order valence-electron chi connectivity index (χ0n) is 13.9. The molecule has 0 radical (unpaired) electrons. The van der Waals surface area contributed by atoms with Crippen LogP contribution in [0.2, 0.25) is 5.02 Å². The van der Waals surface area contributed by atoms with Gasteiger partial charge in [0.1, 0.15) is 5.82 Å². The first-order valence-corrected chi connectivity index (χ1v) is 8.16. The molecule has 7 heteroatoms. The zero-order valence-corrected chi connectivity index (χ0v) is 17.0. The second-order valence-corrected chi connectivity index (χ2v) is 5.71. The van der Waals surface area contributed by atoms with Crippen molar-refractivity contribution in [2.45, 2.75) is 19.6 Å². The van der Waals surface area contributed by atoms with Gasteiger partial charge in [-0.25, -0.2) is 9.38 Å². The fourth-order valence-corrected chi connectivity index (χ4v) is 2.27. The number of rotatable bonds is 6. The highest BCUT2D eigenvalue weighted by Gasteiger charge is 2.08. The van der Waals surface area contributed by atoms with Gasteiger partial charge in [-0.3, -0.25) is 0 Å². The van der Waals surface area contributed by atoms with Gasteiger partial charge in [0, 0.05) is 18.1 Å². The Bertz CT molecular complexity index is 682. The number of aliphatic imine (C=N–C) groups is 1. The summed E-state index contributed by atoms with van der Waals surface area (Å²) in [5.74, 6) is 0.286. The van der Waals surface area contributed by atoms with Gasteiger partial charge in [0.2, 0.25) is 0 Å². The van der Waals surface area contributed by atoms with Crippen LogP contribution in [0.1, 0.15) is 24.2 Å². The molecule has 25 heavy (non-hydrogen) atoms. The van der Waals surface area contributed by atoms with Gasteiger partial charge >= 0.3 is 0 Å². The van der Waals surface area contributed by atoms with Crippen molar-refractivity contribution >= 4 is 41.5 Å². The normalized spacial score (nSPS) is 12.2. The molecular weight excluding hydrogens is 456 g/mol. The average molecular weight is 478 g/mol. The molecule has 2 aromatic rings. The van der Waals surface area contributed by atoms with Crippen LogP contribution in [0.3, 0.4) is 0 Å². The van der Waals surface area contributed by atoms with E-state index in [1.807, 2.05) is 13.0 Å². The Morgan fingerprint density at radius 2 is 1.92 bits per heavy atom. The van der Waals surface area contributed by atoms with Crippen LogP contribution >= 0.6 is 35.6 Å². The highest BCUT2D eigenvalue weighted by Crippen LogP contribution is 2.15. The van der Waals surface area contributed by atoms with Crippen LogP contribution in [0.15, 0.2) is 53.5 Å². The minimum absolute atomic E-state index is 0. The van der Waals surface area contributed by atoms with Gasteiger partial charge in [-0.15, -0.1) is 24.0 Å². The van der Waals surface area contributed by atoms with Gasteiger partial charge in [0.05, 0.1) is 12.6 Å². The number of aliphatic hydroxyl groups is 1. The molecule has 136 valence electrons. The van der Waals surface area contributed by atoms with E-state index in [0.717, 1.165) is 11.1 Å². The van der Waals surface area contributed by atoms with E-state index in [9.17, 15) is 9.50 Å². The summed E-state index contributed by atoms with van der Waals surface area (Å²) in [6.07, 6.45) is -0.680. The summed E-state index contributed by atoms with van der Waals surface area (Å²) >= 11 is 5.84. The minimum atomic E-state index is -0.680. The maximum atomic E-state index is 13.2. The predicted molar refractivity (Wildman–Crippen MR) is 111 cm³/mol. The SMILES string of the molecule is CCNC(=NCc1cccc(F)c1)NCC(O)c1ccc(Cl)cc1.I. The highest BCUT2D eigenvalue weighted by molar-refractivity contribution is 14.0. The van der Waals surface area contributed by atoms with Crippen molar-refractivity contribution in [3.63, 3.8) is 0 Å². The lowest BCUT2D eigenvalue weighted by atomic mass is 10.1. The first-order valence-electron chi connectivity index (χ1n) is 7.78. The van der Waals surface area contributed by atoms with Crippen molar-refractivity contribution in [3.05, 3.63) is 70.5 Å². The molecule has 0 aromatic heterocycles. The summed E-state index contributed by atoms with van der Waals surface area (Å²) < 4.78 is 13.2. The second-order valence-electron chi connectivity index (χ2n) is 5.27. The third kappa shape index (κ3) is 7.58. The van der Waals surface area contributed by atoms with Gasteiger partial charge < -0.3 is 15.7 Å². The Labute approximate surface area is 169 Å². The van der Waals surface area contributed by atoms with Crippen LogP contribution in [0.4, 0.5) is 4.39 Å². The van der Waals surface area contributed by atoms with Gasteiger partial charge in [-0.05, 0) is 42.3 Å². The molecule has 0 heterocycles. The molecule has 0 bridgehead atoms. The average Bonchev–Trinajstić information content (AvgIpc) is 2.58. The van der Waals surface area contributed by atoms with E-state index in [4.69, 9.17) is 11.6 Å². The molecule has 0 amide bonds. The van der Waals surface area contributed by atoms with Gasteiger partial charge in [-0.2, -0.15) is 0 Å². The van der Waals surface area contributed by atoms with Crippen LogP contribution in [0, 0.1) is 5.82 Å². The van der Waals surface area contributed by atoms with Crippen LogP contribution in [0.5, 0.6) is 0 Å². The fraction of sp³-hybridized carbons (Fsp3) is 0.278. The quantitative estimate of drug-likeness (QED) is 0.336. The van der Waals surface area contributed by atoms with Crippen LogP contribution in [0.25, 0.3) is 0 Å². The zero-order chi connectivity index (χ0) is 17.4. The van der Waals surface area contributed by atoms with Crippen molar-refractivity contribution in [3.8, 4) is 0 Å². The van der Waals surface area contributed by atoms with E-state index in [1.54, 1.807) is 30.3 Å². The molecule has 2 aromatic carbocycles. The number of aliphatic hydroxyl groups excluding tert-OH is 1. The molecule has 2 rings (SSSR count). The van der Waals surface area contributed by atoms with E-state index in [0.29, 0.717) is 30.6 Å². The summed E-state index contributed by atoms with van der Waals surface area (Å²) in [5.41, 5.74) is 1.55. The summed E-state index contributed by atoms with van der Waals surface area (Å²) in [5, 5.41) is 17.0. The number of hydrogen-bond acceptors (Lipinski definition) is 2. The van der Waals surface area contributed by atoms with E-state index in [1.165, 1.54) is 12.1 Å². The third-order valence-corrected chi connectivity index (χ3v) is 3.62. The number of nitrogens with one attached hydrogen (secondary N) is 2. The van der Waals surface area contributed by atoms with Gasteiger partial charge in [-0.1, -0.05) is 35.9 Å². The molecule has 1 unspecified atom stereocenters. The standard InChI is InChI=1S/C18H21ClFN3O.HI/c1-2-21-18(22-11-13-4-3-5-16(20)10-13)23-12-17(24)14-6-8-15(19)9-7-14;/h3-10,17,24H,2,11-12H2,1H3,(H2,21,22,23);1H. The second kappa shape index (κ2) is 11.3. The summed E-state index contributed by atoms with van der Waals surface area (Å²) in [6, 6.07) is 13.4. The Balaban J connectivity index is 0.00000312. The lowest BCUT2D eigenvalue weighted by Crippen LogP contribution is -2.39. The predicted octanol–water partition coefficient (Wildman–Crippen LogP) is 3.89. The first-order chi connectivity index (χ1) is 11.6. The monoisotopic (exact) mass is 477 g/mol. The Morgan fingerprint density at radius 3 is 2.56 bits per heavy atom. The molecule has 0 aliphatic carbocycles. The Kier molecular flexibility index (Phi) is 9.77. The number of nitrogens with zero attached hydrogens (tertiary/aromatic N) is 1. The summed E-state index contributed by atoms with van der Waals surface area (Å²) in [4.78, 5) is 4.40. The third-order valence-electron chi connectivity index (χ3n) is 3.37. The van der Waals surface area contributed by atoms with Crippen molar-refractivity contribution in [1.82, 2.24) is 10.6 Å². The van der Waals surface area contributed by atoms with Crippen LogP contribution in [-0.4, -0.2) is 24.2 Å². The van der Waals surface area contributed by atoms with Crippen molar-refractivity contribution in [2.24, 2.45) is 4.99 Å². The maximum absolute atomic E-state index is 13.2. The number of benzene rings is 2. The number of guanidine groups is 1. The highest BCUT2D eigenvalue weighted by atomic mass is 127. The van der Waals surface area contributed by atoms with E-state index < -0.39 is 6.10 Å². The van der Waals surface area contributed by atoms with E-state index in [-0.39, 0.29) is 29.8 Å². The Hall–Kier alpha value is -1.38. The fourth-order valence-electron chi connectivity index (χ4n) is 2.14. The van der Waals surface area contributed by atoms with Crippen LogP contribution in [-0.2, 0) is 6.54 Å². The Morgan fingerprint density at radius 1 is 1.20 bits per heavy atom. The summed E-state index contributed by atoms with van der Waals surface area (Å²) in [7, 11) is 0. The summed E-state index contributed by atoms with van der Waals surface area (Å²) in [6.45, 7) is 3.29. The molecule has 0 aliphatic heterocycles. The topological polar surface area (TPSA) is 56.7 Å². The molecule has 0 aliphatic rings. The molecule has 0 saturated carbocycles. The molecule has 4 nitrogen and oxygen atoms in total. The molecule has 0 spiro atoms. The molecular formula is C18H22ClFIN3O. The molecule has 0 fully saturated rings. The minimum Gasteiger partial charge on any atom is -0.387 e. The van der Waals surface area contributed by atoms with Crippen molar-refractivity contribution in [1.29, 1.82) is 0 Å². The van der Waals surface area contributed by atoms with Crippen LogP contribution < -0.4 is 10.6 Å². The first kappa shape index (κ1) is 21.7. The lowest BCUT2D eigenvalue weighted by molar-refractivity contribution is 0.181. The van der Waals surface area contributed by atoms with Gasteiger partial charge in [0.15, 0.2) is 5.96 Å². The molecule has 1 atom stereocenters. The maximum Gasteiger partial charge on any atom is 0.191 e. The van der Waals surface area contributed by atoms with Crippen molar-refractivity contribution < 1.29 is 9.50 Å². The van der Waals surface area contributed by atoms with E-state index in [2.05, 4.69) is 15.6 Å². The number of hydrogen-bond donors (Lipinski definition) is 3. The lowest BCUT2D eigenvalue weighted by Gasteiger charge is -2.15. The molecule has 3 N–H and O–H groups in total. The number of halogens is 3. The van der Waals surface area contributed by atoms with Crippen molar-refractivity contribution in [2.75, 3.05) is 13.1 Å². The largest absolute Gasteiger partial charge is 0.387 e. The van der Waals surface area contributed by atoms with Gasteiger partial charge in [0.25, 0.3) is 0 Å². The van der Waals surface area contributed by atoms with E-state index >= 15 is 0 Å².